The van der Waals surface area contributed by atoms with Crippen LogP contribution in [-0.2, 0) is 12.8 Å². The fourth-order valence-corrected chi connectivity index (χ4v) is 3.98. The Morgan fingerprint density at radius 3 is 2.44 bits per heavy atom. The van der Waals surface area contributed by atoms with Gasteiger partial charge in [0, 0.05) is 17.8 Å². The summed E-state index contributed by atoms with van der Waals surface area (Å²) in [6.07, 6.45) is 1.70. The van der Waals surface area contributed by atoms with Crippen LogP contribution in [0, 0.1) is 0 Å². The third kappa shape index (κ3) is 2.20. The molecule has 122 valence electrons. The molecule has 5 rings (SSSR count). The highest BCUT2D eigenvalue weighted by Crippen LogP contribution is 2.30. The molecule has 0 aliphatic heterocycles. The van der Waals surface area contributed by atoms with Crippen LogP contribution in [0.15, 0.2) is 60.0 Å². The van der Waals surface area contributed by atoms with Gasteiger partial charge >= 0.3 is 0 Å². The summed E-state index contributed by atoms with van der Waals surface area (Å²) in [5.74, 6) is 1.58. The van der Waals surface area contributed by atoms with Crippen LogP contribution in [-0.4, -0.2) is 29.4 Å². The summed E-state index contributed by atoms with van der Waals surface area (Å²) >= 11 is 1.61. The maximum atomic E-state index is 4.48. The summed E-state index contributed by atoms with van der Waals surface area (Å²) < 4.78 is 4.06. The van der Waals surface area contributed by atoms with E-state index in [1.807, 2.05) is 17.7 Å². The van der Waals surface area contributed by atoms with Crippen LogP contribution in [0.1, 0.15) is 5.82 Å². The zero-order valence-corrected chi connectivity index (χ0v) is 14.3. The van der Waals surface area contributed by atoms with Gasteiger partial charge in [-0.2, -0.15) is 0 Å². The first-order valence-electron chi connectivity index (χ1n) is 7.93. The number of aryl methyl sites for hydroxylation is 1. The maximum Gasteiger partial charge on any atom is 0.191 e. The van der Waals surface area contributed by atoms with Gasteiger partial charge in [0.25, 0.3) is 0 Å². The Morgan fingerprint density at radius 1 is 0.880 bits per heavy atom. The molecule has 0 atom stereocenters. The average Bonchev–Trinajstić information content (AvgIpc) is 3.26. The van der Waals surface area contributed by atoms with Crippen molar-refractivity contribution in [1.82, 2.24) is 29.4 Å². The second-order valence-electron chi connectivity index (χ2n) is 5.85. The van der Waals surface area contributed by atoms with Crippen LogP contribution in [0.4, 0.5) is 0 Å². The first kappa shape index (κ1) is 14.4. The summed E-state index contributed by atoms with van der Waals surface area (Å²) in [5, 5.41) is 21.4. The minimum absolute atomic E-state index is 0.677. The van der Waals surface area contributed by atoms with Crippen molar-refractivity contribution in [3.63, 3.8) is 0 Å². The van der Waals surface area contributed by atoms with Gasteiger partial charge in [-0.3, -0.25) is 4.40 Å². The highest BCUT2D eigenvalue weighted by Gasteiger charge is 2.14. The van der Waals surface area contributed by atoms with Gasteiger partial charge in [0.1, 0.15) is 12.2 Å². The van der Waals surface area contributed by atoms with Crippen molar-refractivity contribution in [2.24, 2.45) is 7.05 Å². The van der Waals surface area contributed by atoms with Gasteiger partial charge in [0.15, 0.2) is 10.8 Å². The molecule has 0 radical (unpaired) electrons. The molecule has 0 amide bonds. The van der Waals surface area contributed by atoms with E-state index in [2.05, 4.69) is 67.3 Å². The number of hydrogen-bond acceptors (Lipinski definition) is 5. The third-order valence-corrected chi connectivity index (χ3v) is 5.36. The standard InChI is InChI=1S/C18H14N6S/c1-23-11-19-22-18(23)25-10-16-20-21-17-14-8-3-2-6-12(14)13-7-4-5-9-15(13)24(16)17/h2-9,11H,10H2,1H3. The molecule has 0 unspecified atom stereocenters. The normalized spacial score (nSPS) is 11.7. The van der Waals surface area contributed by atoms with Crippen LogP contribution in [0.2, 0.25) is 0 Å². The van der Waals surface area contributed by atoms with E-state index >= 15 is 0 Å². The fourth-order valence-electron chi connectivity index (χ4n) is 3.18. The molecule has 0 aliphatic carbocycles. The Bertz CT molecular complexity index is 1220. The van der Waals surface area contributed by atoms with E-state index in [0.717, 1.165) is 27.5 Å². The number of aromatic nitrogens is 6. The fraction of sp³-hybridized carbons (Fsp3) is 0.111. The Labute approximate surface area is 147 Å². The van der Waals surface area contributed by atoms with Crippen molar-refractivity contribution < 1.29 is 0 Å². The molecule has 0 saturated carbocycles. The van der Waals surface area contributed by atoms with Crippen molar-refractivity contribution in [2.45, 2.75) is 10.9 Å². The lowest BCUT2D eigenvalue weighted by atomic mass is 10.1. The lowest BCUT2D eigenvalue weighted by Gasteiger charge is -2.09. The van der Waals surface area contributed by atoms with Gasteiger partial charge in [-0.25, -0.2) is 0 Å². The van der Waals surface area contributed by atoms with Gasteiger partial charge < -0.3 is 4.57 Å². The maximum absolute atomic E-state index is 4.48. The molecule has 0 aliphatic rings. The SMILES string of the molecule is Cn1cnnc1SCc1nnc2c3ccccc3c3ccccc3n12. The van der Waals surface area contributed by atoms with E-state index in [1.54, 1.807) is 18.1 Å². The van der Waals surface area contributed by atoms with E-state index in [9.17, 15) is 0 Å². The molecule has 6 nitrogen and oxygen atoms in total. The first-order chi connectivity index (χ1) is 12.3. The Kier molecular flexibility index (Phi) is 3.21. The molecule has 7 heteroatoms. The van der Waals surface area contributed by atoms with E-state index in [0.29, 0.717) is 5.75 Å². The van der Waals surface area contributed by atoms with Crippen LogP contribution in [0.3, 0.4) is 0 Å². The minimum Gasteiger partial charge on any atom is -0.312 e. The lowest BCUT2D eigenvalue weighted by Crippen LogP contribution is -1.97. The summed E-state index contributed by atoms with van der Waals surface area (Å²) in [5.41, 5.74) is 2.01. The largest absolute Gasteiger partial charge is 0.312 e. The Morgan fingerprint density at radius 2 is 1.64 bits per heavy atom. The summed E-state index contributed by atoms with van der Waals surface area (Å²) in [6.45, 7) is 0. The number of benzene rings is 2. The second-order valence-corrected chi connectivity index (χ2v) is 6.79. The molecule has 5 aromatic rings. The Hall–Kier alpha value is -2.93. The number of nitrogens with zero attached hydrogens (tertiary/aromatic N) is 6. The number of pyridine rings is 1. The second kappa shape index (κ2) is 5.56. The number of para-hydroxylation sites is 1. The molecule has 3 heterocycles. The molecular weight excluding hydrogens is 332 g/mol. The van der Waals surface area contributed by atoms with E-state index in [1.165, 1.54) is 10.8 Å². The predicted octanol–water partition coefficient (Wildman–Crippen LogP) is 3.46. The highest BCUT2D eigenvalue weighted by molar-refractivity contribution is 7.98. The topological polar surface area (TPSA) is 60.9 Å². The molecule has 0 N–H and O–H groups in total. The molecule has 0 saturated heterocycles. The van der Waals surface area contributed by atoms with Crippen LogP contribution < -0.4 is 0 Å². The van der Waals surface area contributed by atoms with Crippen molar-refractivity contribution >= 4 is 39.1 Å². The van der Waals surface area contributed by atoms with Gasteiger partial charge in [0.2, 0.25) is 0 Å². The first-order valence-corrected chi connectivity index (χ1v) is 8.92. The van der Waals surface area contributed by atoms with Crippen LogP contribution >= 0.6 is 11.8 Å². The molecule has 25 heavy (non-hydrogen) atoms. The van der Waals surface area contributed by atoms with Crippen molar-refractivity contribution in [2.75, 3.05) is 0 Å². The molecule has 0 spiro atoms. The number of fused-ring (bicyclic) bond motifs is 6. The lowest BCUT2D eigenvalue weighted by molar-refractivity contribution is 0.787. The summed E-state index contributed by atoms with van der Waals surface area (Å²) in [7, 11) is 1.94. The van der Waals surface area contributed by atoms with Gasteiger partial charge in [-0.1, -0.05) is 54.2 Å². The molecule has 2 aromatic carbocycles. The van der Waals surface area contributed by atoms with E-state index in [4.69, 9.17) is 0 Å². The van der Waals surface area contributed by atoms with Gasteiger partial charge in [-0.15, -0.1) is 20.4 Å². The zero-order chi connectivity index (χ0) is 16.8. The molecular formula is C18H14N6S. The minimum atomic E-state index is 0.677. The van der Waals surface area contributed by atoms with Gasteiger partial charge in [0.05, 0.1) is 11.3 Å². The van der Waals surface area contributed by atoms with Crippen LogP contribution in [0.5, 0.6) is 0 Å². The monoisotopic (exact) mass is 346 g/mol. The van der Waals surface area contributed by atoms with E-state index < -0.39 is 0 Å². The third-order valence-electron chi connectivity index (χ3n) is 4.33. The van der Waals surface area contributed by atoms with Crippen molar-refractivity contribution in [1.29, 1.82) is 0 Å². The summed E-state index contributed by atoms with van der Waals surface area (Å²) in [6, 6.07) is 16.7. The van der Waals surface area contributed by atoms with Crippen molar-refractivity contribution in [3.8, 4) is 0 Å². The number of thioether (sulfide) groups is 1. The molecule has 3 aromatic heterocycles. The Balaban J connectivity index is 1.75. The highest BCUT2D eigenvalue weighted by atomic mass is 32.2. The number of hydrogen-bond donors (Lipinski definition) is 0. The summed E-state index contributed by atoms with van der Waals surface area (Å²) in [4.78, 5) is 0. The van der Waals surface area contributed by atoms with Gasteiger partial charge in [-0.05, 0) is 11.5 Å². The van der Waals surface area contributed by atoms with Crippen molar-refractivity contribution in [3.05, 3.63) is 60.7 Å². The smallest absolute Gasteiger partial charge is 0.191 e. The predicted molar refractivity (Wildman–Crippen MR) is 98.6 cm³/mol. The average molecular weight is 346 g/mol. The quantitative estimate of drug-likeness (QED) is 0.370. The molecule has 0 fully saturated rings. The van der Waals surface area contributed by atoms with E-state index in [-0.39, 0.29) is 0 Å². The zero-order valence-electron chi connectivity index (χ0n) is 13.5. The number of rotatable bonds is 3. The molecule has 0 bridgehead atoms. The van der Waals surface area contributed by atoms with Crippen LogP contribution in [0.25, 0.3) is 27.3 Å².